The third kappa shape index (κ3) is 4.14. The molecule has 142 valence electrons. The van der Waals surface area contributed by atoms with E-state index in [0.717, 1.165) is 50.9 Å². The highest BCUT2D eigenvalue weighted by atomic mass is 16.5. The van der Waals surface area contributed by atoms with Gasteiger partial charge in [0.05, 0.1) is 11.8 Å². The minimum atomic E-state index is -0.0669. The molecule has 3 heterocycles. The number of amides is 1. The van der Waals surface area contributed by atoms with Gasteiger partial charge in [-0.15, -0.1) is 0 Å². The summed E-state index contributed by atoms with van der Waals surface area (Å²) in [5.41, 5.74) is 2.29. The van der Waals surface area contributed by atoms with Crippen molar-refractivity contribution in [3.05, 3.63) is 59.9 Å². The van der Waals surface area contributed by atoms with Crippen molar-refractivity contribution in [1.29, 1.82) is 0 Å². The van der Waals surface area contributed by atoms with E-state index in [1.807, 2.05) is 24.2 Å². The number of carbonyl (C=O) groups excluding carboxylic acids is 1. The van der Waals surface area contributed by atoms with E-state index in [-0.39, 0.29) is 11.5 Å². The molecule has 5 heteroatoms. The third-order valence-electron chi connectivity index (χ3n) is 5.89. The number of ether oxygens (including phenoxy) is 1. The van der Waals surface area contributed by atoms with Gasteiger partial charge in [0.15, 0.2) is 0 Å². The van der Waals surface area contributed by atoms with Crippen molar-refractivity contribution in [3.8, 4) is 0 Å². The Bertz CT molecular complexity index is 804. The zero-order valence-electron chi connectivity index (χ0n) is 15.9. The van der Waals surface area contributed by atoms with E-state index in [4.69, 9.17) is 4.74 Å². The topological polar surface area (TPSA) is 47.4 Å². The van der Waals surface area contributed by atoms with Crippen LogP contribution < -0.4 is 0 Å². The summed E-state index contributed by atoms with van der Waals surface area (Å²) in [5, 5.41) is 4.12. The molecule has 0 bridgehead atoms. The lowest BCUT2D eigenvalue weighted by molar-refractivity contribution is -0.139. The zero-order valence-corrected chi connectivity index (χ0v) is 15.9. The molecule has 2 saturated heterocycles. The Labute approximate surface area is 160 Å². The molecule has 2 fully saturated rings. The maximum Gasteiger partial charge on any atom is 0.246 e. The Morgan fingerprint density at radius 2 is 2.04 bits per heavy atom. The monoisotopic (exact) mass is 365 g/mol. The van der Waals surface area contributed by atoms with Crippen LogP contribution in [0, 0.1) is 0 Å². The van der Waals surface area contributed by atoms with E-state index in [9.17, 15) is 4.79 Å². The van der Waals surface area contributed by atoms with Crippen molar-refractivity contribution in [2.24, 2.45) is 7.05 Å². The smallest absolute Gasteiger partial charge is 0.246 e. The first kappa shape index (κ1) is 18.0. The number of likely N-dealkylation sites (tertiary alicyclic amines) is 1. The second kappa shape index (κ2) is 7.69. The average Bonchev–Trinajstić information content (AvgIpc) is 3.13. The molecule has 0 aliphatic carbocycles. The van der Waals surface area contributed by atoms with Crippen LogP contribution in [0.3, 0.4) is 0 Å². The number of benzene rings is 1. The van der Waals surface area contributed by atoms with Gasteiger partial charge in [0.25, 0.3) is 0 Å². The number of aromatic nitrogens is 2. The maximum absolute atomic E-state index is 12.5. The SMILES string of the molecule is Cn1cc(/C=C/C(=O)N2CCC3(CC2)C[C@H](c2ccccc2)CCO3)cn1. The largest absolute Gasteiger partial charge is 0.375 e. The van der Waals surface area contributed by atoms with Crippen molar-refractivity contribution in [2.75, 3.05) is 19.7 Å². The molecule has 0 radical (unpaired) electrons. The number of hydrogen-bond acceptors (Lipinski definition) is 3. The van der Waals surface area contributed by atoms with E-state index in [0.29, 0.717) is 5.92 Å². The lowest BCUT2D eigenvalue weighted by atomic mass is 9.77. The highest BCUT2D eigenvalue weighted by Gasteiger charge is 2.41. The van der Waals surface area contributed by atoms with E-state index >= 15 is 0 Å². The molecule has 2 aliphatic rings. The maximum atomic E-state index is 12.5. The molecule has 1 aromatic carbocycles. The van der Waals surface area contributed by atoms with Crippen molar-refractivity contribution in [1.82, 2.24) is 14.7 Å². The normalized spacial score (nSPS) is 22.4. The minimum absolute atomic E-state index is 0.0669. The first-order valence-electron chi connectivity index (χ1n) is 9.78. The van der Waals surface area contributed by atoms with Gasteiger partial charge in [0.2, 0.25) is 5.91 Å². The molecule has 1 atom stereocenters. The fraction of sp³-hybridized carbons (Fsp3) is 0.455. The van der Waals surface area contributed by atoms with Crippen LogP contribution in [-0.2, 0) is 16.6 Å². The van der Waals surface area contributed by atoms with E-state index < -0.39 is 0 Å². The van der Waals surface area contributed by atoms with Crippen LogP contribution in [-0.4, -0.2) is 45.9 Å². The van der Waals surface area contributed by atoms with E-state index in [2.05, 4.69) is 35.4 Å². The Morgan fingerprint density at radius 1 is 1.26 bits per heavy atom. The zero-order chi connectivity index (χ0) is 18.7. The van der Waals surface area contributed by atoms with E-state index in [1.165, 1.54) is 5.56 Å². The molecule has 4 rings (SSSR count). The van der Waals surface area contributed by atoms with Crippen LogP contribution in [0.15, 0.2) is 48.8 Å². The lowest BCUT2D eigenvalue weighted by Gasteiger charge is -2.46. The minimum Gasteiger partial charge on any atom is -0.375 e. The molecular weight excluding hydrogens is 338 g/mol. The molecule has 1 amide bonds. The third-order valence-corrected chi connectivity index (χ3v) is 5.89. The summed E-state index contributed by atoms with van der Waals surface area (Å²) in [5.74, 6) is 0.636. The number of piperidine rings is 1. The Morgan fingerprint density at radius 3 is 2.74 bits per heavy atom. The summed E-state index contributed by atoms with van der Waals surface area (Å²) in [6, 6.07) is 10.8. The number of carbonyl (C=O) groups is 1. The van der Waals surface area contributed by atoms with Crippen LogP contribution in [0.25, 0.3) is 6.08 Å². The van der Waals surface area contributed by atoms with Gasteiger partial charge in [-0.1, -0.05) is 30.3 Å². The van der Waals surface area contributed by atoms with Gasteiger partial charge >= 0.3 is 0 Å². The predicted molar refractivity (Wildman–Crippen MR) is 105 cm³/mol. The molecule has 5 nitrogen and oxygen atoms in total. The summed E-state index contributed by atoms with van der Waals surface area (Å²) >= 11 is 0. The average molecular weight is 365 g/mol. The molecule has 0 N–H and O–H groups in total. The Balaban J connectivity index is 1.35. The highest BCUT2D eigenvalue weighted by molar-refractivity contribution is 5.91. The van der Waals surface area contributed by atoms with Crippen molar-refractivity contribution in [2.45, 2.75) is 37.2 Å². The van der Waals surface area contributed by atoms with Gasteiger partial charge in [-0.05, 0) is 43.2 Å². The second-order valence-corrected chi connectivity index (χ2v) is 7.74. The molecule has 1 aromatic heterocycles. The molecule has 27 heavy (non-hydrogen) atoms. The van der Waals surface area contributed by atoms with Crippen LogP contribution in [0.2, 0.25) is 0 Å². The number of aryl methyl sites for hydroxylation is 1. The van der Waals surface area contributed by atoms with E-state index in [1.54, 1.807) is 17.0 Å². The second-order valence-electron chi connectivity index (χ2n) is 7.74. The number of nitrogens with zero attached hydrogens (tertiary/aromatic N) is 3. The van der Waals surface area contributed by atoms with Crippen LogP contribution in [0.5, 0.6) is 0 Å². The Hall–Kier alpha value is -2.40. The standard InChI is InChI=1S/C22H27N3O2/c1-24-17-18(16-23-24)7-8-21(26)25-12-10-22(11-13-25)15-20(9-14-27-22)19-5-3-2-4-6-19/h2-8,16-17,20H,9-15H2,1H3/b8-7+/t20-/m1/s1. The van der Waals surface area contributed by atoms with Crippen LogP contribution in [0.1, 0.15) is 42.7 Å². The Kier molecular flexibility index (Phi) is 5.12. The highest BCUT2D eigenvalue weighted by Crippen LogP contribution is 2.41. The predicted octanol–water partition coefficient (Wildman–Crippen LogP) is 3.39. The molecule has 2 aromatic rings. The first-order chi connectivity index (χ1) is 13.1. The fourth-order valence-corrected chi connectivity index (χ4v) is 4.32. The van der Waals surface area contributed by atoms with Crippen molar-refractivity contribution < 1.29 is 9.53 Å². The quantitative estimate of drug-likeness (QED) is 0.784. The van der Waals surface area contributed by atoms with Gasteiger partial charge in [-0.25, -0.2) is 0 Å². The van der Waals surface area contributed by atoms with Gasteiger partial charge in [0.1, 0.15) is 0 Å². The summed E-state index contributed by atoms with van der Waals surface area (Å²) in [4.78, 5) is 14.4. The van der Waals surface area contributed by atoms with Gasteiger partial charge in [-0.3, -0.25) is 9.48 Å². The van der Waals surface area contributed by atoms with Crippen molar-refractivity contribution >= 4 is 12.0 Å². The van der Waals surface area contributed by atoms with Gasteiger partial charge < -0.3 is 9.64 Å². The van der Waals surface area contributed by atoms with Crippen LogP contribution >= 0.6 is 0 Å². The molecular formula is C22H27N3O2. The first-order valence-corrected chi connectivity index (χ1v) is 9.78. The van der Waals surface area contributed by atoms with Crippen LogP contribution in [0.4, 0.5) is 0 Å². The summed E-state index contributed by atoms with van der Waals surface area (Å²) in [6.07, 6.45) is 11.1. The molecule has 0 saturated carbocycles. The molecule has 0 unspecified atom stereocenters. The molecule has 2 aliphatic heterocycles. The number of rotatable bonds is 3. The molecule has 1 spiro atoms. The summed E-state index contributed by atoms with van der Waals surface area (Å²) in [7, 11) is 1.87. The van der Waals surface area contributed by atoms with Crippen molar-refractivity contribution in [3.63, 3.8) is 0 Å². The summed E-state index contributed by atoms with van der Waals surface area (Å²) in [6.45, 7) is 2.34. The summed E-state index contributed by atoms with van der Waals surface area (Å²) < 4.78 is 7.99. The number of hydrogen-bond donors (Lipinski definition) is 0. The van der Waals surface area contributed by atoms with Gasteiger partial charge in [-0.2, -0.15) is 5.10 Å². The lowest BCUT2D eigenvalue weighted by Crippen LogP contribution is -2.50. The fourth-order valence-electron chi connectivity index (χ4n) is 4.32. The van der Waals surface area contributed by atoms with Gasteiger partial charge in [0, 0.05) is 44.6 Å².